The molecule has 0 saturated carbocycles. The maximum Gasteiger partial charge on any atom is 0.251 e. The predicted molar refractivity (Wildman–Crippen MR) is 68.8 cm³/mol. The number of rotatable bonds is 4. The number of nitrogens with one attached hydrogen (secondary N) is 1. The Morgan fingerprint density at radius 2 is 1.75 bits per heavy atom. The van der Waals surface area contributed by atoms with Gasteiger partial charge in [-0.15, -0.1) is 0 Å². The first kappa shape index (κ1) is 14.1. The van der Waals surface area contributed by atoms with Gasteiger partial charge in [-0.05, 0) is 48.4 Å². The van der Waals surface area contributed by atoms with Gasteiger partial charge in [-0.2, -0.15) is 0 Å². The maximum absolute atomic E-state index is 13.3. The quantitative estimate of drug-likeness (QED) is 0.915. The van der Waals surface area contributed by atoms with Crippen molar-refractivity contribution >= 4 is 5.91 Å². The number of hydrogen-bond acceptors (Lipinski definition) is 1. The number of benzene rings is 2. The summed E-state index contributed by atoms with van der Waals surface area (Å²) in [5.41, 5.74) is 0.370. The van der Waals surface area contributed by atoms with Gasteiger partial charge in [0, 0.05) is 12.1 Å². The van der Waals surface area contributed by atoms with Gasteiger partial charge in [0.05, 0.1) is 0 Å². The van der Waals surface area contributed by atoms with E-state index in [0.29, 0.717) is 0 Å². The van der Waals surface area contributed by atoms with E-state index >= 15 is 0 Å². The molecule has 0 fully saturated rings. The SMILES string of the molecule is O=C(NCCc1cc(F)ccc1F)c1cccc(F)c1. The van der Waals surface area contributed by atoms with Crippen LogP contribution in [0.5, 0.6) is 0 Å². The molecule has 1 amide bonds. The second-order valence-corrected chi connectivity index (χ2v) is 4.25. The van der Waals surface area contributed by atoms with E-state index in [-0.39, 0.29) is 24.1 Å². The molecule has 0 atom stereocenters. The molecule has 104 valence electrons. The van der Waals surface area contributed by atoms with Gasteiger partial charge < -0.3 is 5.32 Å². The summed E-state index contributed by atoms with van der Waals surface area (Å²) in [5.74, 6) is -2.01. The normalized spacial score (nSPS) is 10.3. The van der Waals surface area contributed by atoms with Crippen LogP contribution >= 0.6 is 0 Å². The molecule has 20 heavy (non-hydrogen) atoms. The monoisotopic (exact) mass is 279 g/mol. The maximum atomic E-state index is 13.3. The molecule has 0 spiro atoms. The lowest BCUT2D eigenvalue weighted by molar-refractivity contribution is 0.0953. The third-order valence-corrected chi connectivity index (χ3v) is 2.77. The summed E-state index contributed by atoms with van der Waals surface area (Å²) >= 11 is 0. The van der Waals surface area contributed by atoms with E-state index in [4.69, 9.17) is 0 Å². The molecule has 0 heterocycles. The predicted octanol–water partition coefficient (Wildman–Crippen LogP) is 3.08. The van der Waals surface area contributed by atoms with Crippen LogP contribution < -0.4 is 5.32 Å². The zero-order chi connectivity index (χ0) is 14.5. The van der Waals surface area contributed by atoms with E-state index in [1.54, 1.807) is 0 Å². The van der Waals surface area contributed by atoms with Gasteiger partial charge in [0.25, 0.3) is 5.91 Å². The second-order valence-electron chi connectivity index (χ2n) is 4.25. The highest BCUT2D eigenvalue weighted by atomic mass is 19.1. The molecule has 2 aromatic carbocycles. The van der Waals surface area contributed by atoms with E-state index in [0.717, 1.165) is 24.3 Å². The standard InChI is InChI=1S/C15H12F3NO/c16-12-3-1-2-11(9-12)15(20)19-7-6-10-8-13(17)4-5-14(10)18/h1-5,8-9H,6-7H2,(H,19,20). The minimum atomic E-state index is -0.530. The largest absolute Gasteiger partial charge is 0.352 e. The Kier molecular flexibility index (Phi) is 4.40. The Morgan fingerprint density at radius 3 is 2.50 bits per heavy atom. The average molecular weight is 279 g/mol. The highest BCUT2D eigenvalue weighted by Crippen LogP contribution is 2.10. The van der Waals surface area contributed by atoms with Crippen LogP contribution in [-0.4, -0.2) is 12.5 Å². The van der Waals surface area contributed by atoms with Crippen LogP contribution in [0.4, 0.5) is 13.2 Å². The third-order valence-electron chi connectivity index (χ3n) is 2.77. The Morgan fingerprint density at radius 1 is 1.00 bits per heavy atom. The van der Waals surface area contributed by atoms with Crippen LogP contribution in [0.2, 0.25) is 0 Å². The van der Waals surface area contributed by atoms with E-state index < -0.39 is 23.4 Å². The molecule has 1 N–H and O–H groups in total. The summed E-state index contributed by atoms with van der Waals surface area (Å²) in [7, 11) is 0. The molecular formula is C15H12F3NO. The van der Waals surface area contributed by atoms with Gasteiger partial charge in [0.1, 0.15) is 17.5 Å². The number of amides is 1. The molecule has 2 rings (SSSR count). The van der Waals surface area contributed by atoms with Crippen molar-refractivity contribution in [2.24, 2.45) is 0 Å². The molecule has 0 radical (unpaired) electrons. The van der Waals surface area contributed by atoms with Crippen LogP contribution in [0, 0.1) is 17.5 Å². The summed E-state index contributed by atoms with van der Waals surface area (Å²) in [5, 5.41) is 2.53. The van der Waals surface area contributed by atoms with Gasteiger partial charge in [-0.25, -0.2) is 13.2 Å². The van der Waals surface area contributed by atoms with Gasteiger partial charge in [0.15, 0.2) is 0 Å². The summed E-state index contributed by atoms with van der Waals surface area (Å²) in [6.07, 6.45) is 0.157. The van der Waals surface area contributed by atoms with Crippen molar-refractivity contribution in [2.45, 2.75) is 6.42 Å². The second kappa shape index (κ2) is 6.23. The third kappa shape index (κ3) is 3.60. The van der Waals surface area contributed by atoms with Crippen molar-refractivity contribution in [2.75, 3.05) is 6.54 Å². The molecule has 0 aromatic heterocycles. The number of carbonyl (C=O) groups excluding carboxylic acids is 1. The first-order valence-corrected chi connectivity index (χ1v) is 6.04. The van der Waals surface area contributed by atoms with E-state index in [2.05, 4.69) is 5.32 Å². The van der Waals surface area contributed by atoms with E-state index in [9.17, 15) is 18.0 Å². The van der Waals surface area contributed by atoms with Gasteiger partial charge in [-0.3, -0.25) is 4.79 Å². The summed E-state index contributed by atoms with van der Waals surface area (Å²) in [6.45, 7) is 0.135. The first-order chi connectivity index (χ1) is 9.56. The zero-order valence-electron chi connectivity index (χ0n) is 10.5. The minimum absolute atomic E-state index is 0.135. The van der Waals surface area contributed by atoms with Crippen molar-refractivity contribution < 1.29 is 18.0 Å². The number of carbonyl (C=O) groups is 1. The number of hydrogen-bond donors (Lipinski definition) is 1. The summed E-state index contributed by atoms with van der Waals surface area (Å²) < 4.78 is 39.2. The van der Waals surface area contributed by atoms with Crippen molar-refractivity contribution in [1.82, 2.24) is 5.32 Å². The smallest absolute Gasteiger partial charge is 0.251 e. The minimum Gasteiger partial charge on any atom is -0.352 e. The van der Waals surface area contributed by atoms with Gasteiger partial charge >= 0.3 is 0 Å². The lowest BCUT2D eigenvalue weighted by atomic mass is 10.1. The van der Waals surface area contributed by atoms with Crippen molar-refractivity contribution in [3.63, 3.8) is 0 Å². The average Bonchev–Trinajstić information content (AvgIpc) is 2.42. The molecule has 0 bridgehead atoms. The molecule has 0 saturated heterocycles. The Balaban J connectivity index is 1.93. The molecule has 2 aromatic rings. The highest BCUT2D eigenvalue weighted by Gasteiger charge is 2.07. The highest BCUT2D eigenvalue weighted by molar-refractivity contribution is 5.94. The van der Waals surface area contributed by atoms with Crippen molar-refractivity contribution in [3.05, 3.63) is 71.0 Å². The fourth-order valence-corrected chi connectivity index (χ4v) is 1.78. The van der Waals surface area contributed by atoms with Crippen LogP contribution in [0.15, 0.2) is 42.5 Å². The Hall–Kier alpha value is -2.30. The molecule has 0 unspecified atom stereocenters. The topological polar surface area (TPSA) is 29.1 Å². The fraction of sp³-hybridized carbons (Fsp3) is 0.133. The fourth-order valence-electron chi connectivity index (χ4n) is 1.78. The van der Waals surface area contributed by atoms with Crippen LogP contribution in [0.3, 0.4) is 0 Å². The summed E-state index contributed by atoms with van der Waals surface area (Å²) in [6, 6.07) is 8.40. The molecule has 5 heteroatoms. The lowest BCUT2D eigenvalue weighted by Crippen LogP contribution is -2.26. The van der Waals surface area contributed by atoms with Crippen LogP contribution in [-0.2, 0) is 6.42 Å². The van der Waals surface area contributed by atoms with Crippen LogP contribution in [0.1, 0.15) is 15.9 Å². The van der Waals surface area contributed by atoms with Crippen LogP contribution in [0.25, 0.3) is 0 Å². The molecule has 0 aliphatic rings. The number of halogens is 3. The van der Waals surface area contributed by atoms with E-state index in [1.165, 1.54) is 18.2 Å². The lowest BCUT2D eigenvalue weighted by Gasteiger charge is -2.06. The first-order valence-electron chi connectivity index (χ1n) is 6.04. The zero-order valence-corrected chi connectivity index (χ0v) is 10.5. The Labute approximate surface area is 114 Å². The summed E-state index contributed by atoms with van der Waals surface area (Å²) in [4.78, 5) is 11.7. The molecule has 2 nitrogen and oxygen atoms in total. The van der Waals surface area contributed by atoms with E-state index in [1.807, 2.05) is 0 Å². The molecular weight excluding hydrogens is 267 g/mol. The Bertz CT molecular complexity index is 628. The van der Waals surface area contributed by atoms with Crippen molar-refractivity contribution in [1.29, 1.82) is 0 Å². The molecule has 0 aliphatic heterocycles. The van der Waals surface area contributed by atoms with Gasteiger partial charge in [0.2, 0.25) is 0 Å². The molecule has 0 aliphatic carbocycles. The van der Waals surface area contributed by atoms with Gasteiger partial charge in [-0.1, -0.05) is 6.07 Å². The van der Waals surface area contributed by atoms with Crippen molar-refractivity contribution in [3.8, 4) is 0 Å².